The van der Waals surface area contributed by atoms with E-state index >= 15 is 0 Å². The van der Waals surface area contributed by atoms with E-state index in [0.717, 1.165) is 0 Å². The molecule has 2 heteroatoms. The molecule has 72 valence electrons. The van der Waals surface area contributed by atoms with Gasteiger partial charge in [0.25, 0.3) is 0 Å². The van der Waals surface area contributed by atoms with Gasteiger partial charge in [-0.05, 0) is 31.9 Å². The second-order valence-corrected chi connectivity index (χ2v) is 3.42. The highest BCUT2D eigenvalue weighted by Crippen LogP contribution is 2.07. The SMILES string of the molecule is Cc1ccc(CC(O)CCN)cc1. The van der Waals surface area contributed by atoms with Gasteiger partial charge in [0.1, 0.15) is 0 Å². The zero-order chi connectivity index (χ0) is 9.68. The first-order valence-electron chi connectivity index (χ1n) is 4.66. The molecule has 3 N–H and O–H groups in total. The number of aliphatic hydroxyl groups excluding tert-OH is 1. The predicted octanol–water partition coefficient (Wildman–Crippen LogP) is 1.25. The number of hydrogen-bond acceptors (Lipinski definition) is 2. The molecule has 0 heterocycles. The lowest BCUT2D eigenvalue weighted by atomic mass is 10.0. The van der Waals surface area contributed by atoms with Crippen molar-refractivity contribution < 1.29 is 5.11 Å². The van der Waals surface area contributed by atoms with E-state index < -0.39 is 0 Å². The van der Waals surface area contributed by atoms with Crippen molar-refractivity contribution in [1.29, 1.82) is 0 Å². The third kappa shape index (κ3) is 3.57. The maximum absolute atomic E-state index is 9.49. The van der Waals surface area contributed by atoms with Crippen molar-refractivity contribution >= 4 is 0 Å². The van der Waals surface area contributed by atoms with Gasteiger partial charge in [-0.1, -0.05) is 29.8 Å². The fraction of sp³-hybridized carbons (Fsp3) is 0.455. The maximum atomic E-state index is 9.49. The molecule has 0 spiro atoms. The zero-order valence-corrected chi connectivity index (χ0v) is 8.03. The Morgan fingerprint density at radius 1 is 1.31 bits per heavy atom. The fourth-order valence-electron chi connectivity index (χ4n) is 1.29. The first-order chi connectivity index (χ1) is 6.22. The first kappa shape index (κ1) is 10.2. The number of aliphatic hydroxyl groups is 1. The van der Waals surface area contributed by atoms with Crippen LogP contribution in [0.15, 0.2) is 24.3 Å². The lowest BCUT2D eigenvalue weighted by Crippen LogP contribution is -2.15. The molecule has 2 nitrogen and oxygen atoms in total. The van der Waals surface area contributed by atoms with Crippen molar-refractivity contribution in [3.63, 3.8) is 0 Å². The van der Waals surface area contributed by atoms with Gasteiger partial charge >= 0.3 is 0 Å². The molecule has 0 aliphatic heterocycles. The van der Waals surface area contributed by atoms with Crippen molar-refractivity contribution in [2.45, 2.75) is 25.9 Å². The van der Waals surface area contributed by atoms with Crippen LogP contribution in [0.3, 0.4) is 0 Å². The minimum absolute atomic E-state index is 0.298. The lowest BCUT2D eigenvalue weighted by molar-refractivity contribution is 0.167. The Balaban J connectivity index is 2.49. The van der Waals surface area contributed by atoms with E-state index in [-0.39, 0.29) is 6.10 Å². The van der Waals surface area contributed by atoms with Gasteiger partial charge in [-0.3, -0.25) is 0 Å². The Morgan fingerprint density at radius 2 is 1.92 bits per heavy atom. The van der Waals surface area contributed by atoms with E-state index in [2.05, 4.69) is 31.2 Å². The molecule has 0 aliphatic carbocycles. The minimum atomic E-state index is -0.298. The topological polar surface area (TPSA) is 46.2 Å². The quantitative estimate of drug-likeness (QED) is 0.730. The highest BCUT2D eigenvalue weighted by atomic mass is 16.3. The van der Waals surface area contributed by atoms with E-state index in [1.165, 1.54) is 11.1 Å². The van der Waals surface area contributed by atoms with Crippen LogP contribution in [-0.4, -0.2) is 17.8 Å². The standard InChI is InChI=1S/C11H17NO/c1-9-2-4-10(5-3-9)8-11(13)6-7-12/h2-5,11,13H,6-8,12H2,1H3. The number of benzene rings is 1. The van der Waals surface area contributed by atoms with Crippen LogP contribution < -0.4 is 5.73 Å². The minimum Gasteiger partial charge on any atom is -0.393 e. The van der Waals surface area contributed by atoms with Crippen LogP contribution >= 0.6 is 0 Å². The van der Waals surface area contributed by atoms with Gasteiger partial charge < -0.3 is 10.8 Å². The van der Waals surface area contributed by atoms with Crippen LogP contribution in [-0.2, 0) is 6.42 Å². The summed E-state index contributed by atoms with van der Waals surface area (Å²) >= 11 is 0. The largest absolute Gasteiger partial charge is 0.393 e. The first-order valence-corrected chi connectivity index (χ1v) is 4.66. The average Bonchev–Trinajstić information content (AvgIpc) is 2.09. The third-order valence-corrected chi connectivity index (χ3v) is 2.09. The number of aryl methyl sites for hydroxylation is 1. The van der Waals surface area contributed by atoms with E-state index in [1.807, 2.05) is 0 Å². The van der Waals surface area contributed by atoms with Crippen LogP contribution in [0.4, 0.5) is 0 Å². The van der Waals surface area contributed by atoms with Gasteiger partial charge in [0.15, 0.2) is 0 Å². The highest BCUT2D eigenvalue weighted by Gasteiger charge is 2.03. The summed E-state index contributed by atoms with van der Waals surface area (Å²) < 4.78 is 0. The molecule has 0 saturated heterocycles. The second kappa shape index (κ2) is 5.00. The molecule has 0 aliphatic rings. The molecule has 0 aromatic heterocycles. The summed E-state index contributed by atoms with van der Waals surface area (Å²) in [6.45, 7) is 2.60. The second-order valence-electron chi connectivity index (χ2n) is 3.42. The average molecular weight is 179 g/mol. The van der Waals surface area contributed by atoms with E-state index in [9.17, 15) is 5.11 Å². The van der Waals surface area contributed by atoms with Crippen molar-refractivity contribution in [2.75, 3.05) is 6.54 Å². The molecule has 1 aromatic carbocycles. The molecule has 1 aromatic rings. The van der Waals surface area contributed by atoms with Crippen LogP contribution in [0.5, 0.6) is 0 Å². The van der Waals surface area contributed by atoms with Gasteiger partial charge in [0, 0.05) is 0 Å². The van der Waals surface area contributed by atoms with Crippen LogP contribution in [0.2, 0.25) is 0 Å². The van der Waals surface area contributed by atoms with E-state index in [4.69, 9.17) is 5.73 Å². The fourth-order valence-corrected chi connectivity index (χ4v) is 1.29. The van der Waals surface area contributed by atoms with Crippen molar-refractivity contribution in [3.05, 3.63) is 35.4 Å². The molecule has 0 saturated carbocycles. The Hall–Kier alpha value is -0.860. The van der Waals surface area contributed by atoms with Gasteiger partial charge in [-0.25, -0.2) is 0 Å². The zero-order valence-electron chi connectivity index (χ0n) is 8.03. The monoisotopic (exact) mass is 179 g/mol. The Kier molecular flexibility index (Phi) is 3.93. The van der Waals surface area contributed by atoms with Crippen molar-refractivity contribution in [3.8, 4) is 0 Å². The molecule has 1 unspecified atom stereocenters. The maximum Gasteiger partial charge on any atom is 0.0592 e. The predicted molar refractivity (Wildman–Crippen MR) is 54.6 cm³/mol. The van der Waals surface area contributed by atoms with Gasteiger partial charge in [0.2, 0.25) is 0 Å². The van der Waals surface area contributed by atoms with Gasteiger partial charge in [-0.2, -0.15) is 0 Å². The van der Waals surface area contributed by atoms with Crippen molar-refractivity contribution in [1.82, 2.24) is 0 Å². The number of rotatable bonds is 4. The molecular weight excluding hydrogens is 162 g/mol. The van der Waals surface area contributed by atoms with Gasteiger partial charge in [0.05, 0.1) is 6.10 Å². The Morgan fingerprint density at radius 3 is 2.46 bits per heavy atom. The molecule has 13 heavy (non-hydrogen) atoms. The van der Waals surface area contributed by atoms with Crippen molar-refractivity contribution in [2.24, 2.45) is 5.73 Å². The summed E-state index contributed by atoms with van der Waals surface area (Å²) in [4.78, 5) is 0. The van der Waals surface area contributed by atoms with Gasteiger partial charge in [-0.15, -0.1) is 0 Å². The summed E-state index contributed by atoms with van der Waals surface area (Å²) in [5.74, 6) is 0. The third-order valence-electron chi connectivity index (χ3n) is 2.09. The summed E-state index contributed by atoms with van der Waals surface area (Å²) in [7, 11) is 0. The van der Waals surface area contributed by atoms with E-state index in [1.54, 1.807) is 0 Å². The normalized spacial score (nSPS) is 12.8. The molecule has 0 bridgehead atoms. The smallest absolute Gasteiger partial charge is 0.0592 e. The lowest BCUT2D eigenvalue weighted by Gasteiger charge is -2.08. The van der Waals surface area contributed by atoms with Crippen LogP contribution in [0, 0.1) is 6.92 Å². The molecule has 1 rings (SSSR count). The molecule has 0 fully saturated rings. The number of hydrogen-bond donors (Lipinski definition) is 2. The summed E-state index contributed by atoms with van der Waals surface area (Å²) in [6, 6.07) is 8.22. The Bertz CT molecular complexity index is 243. The summed E-state index contributed by atoms with van der Waals surface area (Å²) in [5, 5.41) is 9.49. The molecule has 0 amide bonds. The van der Waals surface area contributed by atoms with Crippen LogP contribution in [0.25, 0.3) is 0 Å². The van der Waals surface area contributed by atoms with E-state index in [0.29, 0.717) is 19.4 Å². The molecule has 0 radical (unpaired) electrons. The number of nitrogens with two attached hydrogens (primary N) is 1. The Labute approximate surface area is 79.4 Å². The highest BCUT2D eigenvalue weighted by molar-refractivity contribution is 5.21. The van der Waals surface area contributed by atoms with Crippen LogP contribution in [0.1, 0.15) is 17.5 Å². The summed E-state index contributed by atoms with van der Waals surface area (Å²) in [6.07, 6.45) is 1.08. The molecular formula is C11H17NO. The molecule has 1 atom stereocenters. The summed E-state index contributed by atoms with van der Waals surface area (Å²) in [5.41, 5.74) is 7.77.